The average Bonchev–Trinajstić information content (AvgIpc) is 2.30. The summed E-state index contributed by atoms with van der Waals surface area (Å²) in [6.45, 7) is 2.06. The fraction of sp³-hybridized carbons (Fsp3) is 0.417. The molecule has 1 rings (SSSR count). The summed E-state index contributed by atoms with van der Waals surface area (Å²) in [6, 6.07) is 8.34. The van der Waals surface area contributed by atoms with Gasteiger partial charge in [0, 0.05) is 12.8 Å². The summed E-state index contributed by atoms with van der Waals surface area (Å²) >= 11 is 1.59. The Morgan fingerprint density at radius 3 is 2.56 bits per heavy atom. The maximum absolute atomic E-state index is 11.4. The molecule has 3 nitrogen and oxygen atoms in total. The van der Waals surface area contributed by atoms with Crippen molar-refractivity contribution < 1.29 is 9.63 Å². The third kappa shape index (κ3) is 4.24. The lowest BCUT2D eigenvalue weighted by molar-refractivity contribution is -0.165. The van der Waals surface area contributed by atoms with E-state index < -0.39 is 0 Å². The number of carbonyl (C=O) groups is 1. The van der Waals surface area contributed by atoms with Crippen LogP contribution in [-0.4, -0.2) is 30.9 Å². The van der Waals surface area contributed by atoms with E-state index in [9.17, 15) is 4.79 Å². The first-order chi connectivity index (χ1) is 7.63. The molecule has 0 aromatic heterocycles. The Labute approximate surface area is 101 Å². The summed E-state index contributed by atoms with van der Waals surface area (Å²) in [5.41, 5.74) is 2.49. The maximum Gasteiger partial charge on any atom is 0.255 e. The van der Waals surface area contributed by atoms with Gasteiger partial charge >= 0.3 is 0 Å². The van der Waals surface area contributed by atoms with Gasteiger partial charge in [-0.15, -0.1) is 11.8 Å². The van der Waals surface area contributed by atoms with Gasteiger partial charge < -0.3 is 0 Å². The minimum Gasteiger partial charge on any atom is -0.275 e. The lowest BCUT2D eigenvalue weighted by atomic mass is 10.2. The molecule has 0 N–H and O–H groups in total. The first-order valence-corrected chi connectivity index (χ1v) is 6.23. The van der Waals surface area contributed by atoms with Gasteiger partial charge in [0.2, 0.25) is 0 Å². The number of amides is 1. The number of hydrogen-bond donors (Lipinski definition) is 0. The maximum atomic E-state index is 11.4. The van der Waals surface area contributed by atoms with Gasteiger partial charge in [-0.2, -0.15) is 0 Å². The van der Waals surface area contributed by atoms with Gasteiger partial charge in [0.15, 0.2) is 0 Å². The highest BCUT2D eigenvalue weighted by Gasteiger charge is 2.07. The van der Waals surface area contributed by atoms with Crippen molar-refractivity contribution in [2.75, 3.05) is 19.9 Å². The summed E-state index contributed by atoms with van der Waals surface area (Å²) in [6.07, 6.45) is 0. The molecule has 1 aromatic carbocycles. The normalized spacial score (nSPS) is 10.2. The van der Waals surface area contributed by atoms with E-state index in [1.165, 1.54) is 23.3 Å². The second-order valence-corrected chi connectivity index (χ2v) is 4.54. The van der Waals surface area contributed by atoms with E-state index in [-0.39, 0.29) is 5.91 Å². The van der Waals surface area contributed by atoms with E-state index in [0.29, 0.717) is 5.75 Å². The van der Waals surface area contributed by atoms with Crippen molar-refractivity contribution in [3.8, 4) is 0 Å². The molecule has 0 saturated carbocycles. The molecule has 0 heterocycles. The van der Waals surface area contributed by atoms with Crippen LogP contribution >= 0.6 is 11.8 Å². The fourth-order valence-electron chi connectivity index (χ4n) is 1.13. The zero-order valence-electron chi connectivity index (χ0n) is 9.90. The molecule has 0 fully saturated rings. The first-order valence-electron chi connectivity index (χ1n) is 5.07. The molecule has 1 aromatic rings. The smallest absolute Gasteiger partial charge is 0.255 e. The van der Waals surface area contributed by atoms with Crippen LogP contribution < -0.4 is 0 Å². The van der Waals surface area contributed by atoms with Crippen LogP contribution in [0.2, 0.25) is 0 Å². The lowest BCUT2D eigenvalue weighted by Gasteiger charge is -2.12. The number of nitrogens with zero attached hydrogens (tertiary/aromatic N) is 1. The molecule has 0 spiro atoms. The van der Waals surface area contributed by atoms with Crippen molar-refractivity contribution in [1.82, 2.24) is 5.06 Å². The molecule has 0 atom stereocenters. The minimum absolute atomic E-state index is 0.0142. The Kier molecular flexibility index (Phi) is 5.35. The number of aryl methyl sites for hydroxylation is 1. The Bertz CT molecular complexity index is 337. The van der Waals surface area contributed by atoms with Crippen molar-refractivity contribution in [1.29, 1.82) is 0 Å². The molecular formula is C12H17NO2S. The van der Waals surface area contributed by atoms with Gasteiger partial charge in [-0.1, -0.05) is 29.8 Å². The summed E-state index contributed by atoms with van der Waals surface area (Å²) in [7, 11) is 3.11. The standard InChI is InChI=1S/C12H17NO2S/c1-10-4-6-11(7-5-10)8-16-9-12(14)13(2)15-3/h4-7H,8-9H2,1-3H3. The van der Waals surface area contributed by atoms with E-state index in [1.54, 1.807) is 18.8 Å². The molecule has 1 amide bonds. The second kappa shape index (κ2) is 6.55. The van der Waals surface area contributed by atoms with Crippen LogP contribution in [0.1, 0.15) is 11.1 Å². The van der Waals surface area contributed by atoms with Crippen LogP contribution in [0.3, 0.4) is 0 Å². The van der Waals surface area contributed by atoms with Crippen LogP contribution in [-0.2, 0) is 15.4 Å². The third-order valence-electron chi connectivity index (χ3n) is 2.24. The van der Waals surface area contributed by atoms with Crippen molar-refractivity contribution >= 4 is 17.7 Å². The predicted octanol–water partition coefficient (Wildman–Crippen LogP) is 2.25. The number of carbonyl (C=O) groups excluding carboxylic acids is 1. The molecule has 0 aliphatic rings. The summed E-state index contributed by atoms with van der Waals surface area (Å²) in [4.78, 5) is 16.2. The summed E-state index contributed by atoms with van der Waals surface area (Å²) in [5, 5.41) is 1.25. The van der Waals surface area contributed by atoms with Crippen LogP contribution in [0.4, 0.5) is 0 Å². The molecule has 0 aliphatic carbocycles. The highest BCUT2D eigenvalue weighted by Crippen LogP contribution is 2.13. The minimum atomic E-state index is -0.0142. The van der Waals surface area contributed by atoms with Crippen LogP contribution in [0, 0.1) is 6.92 Å². The molecule has 0 saturated heterocycles. The predicted molar refractivity (Wildman–Crippen MR) is 67.1 cm³/mol. The van der Waals surface area contributed by atoms with E-state index in [1.807, 2.05) is 0 Å². The Hall–Kier alpha value is -1.00. The average molecular weight is 239 g/mol. The molecule has 4 heteroatoms. The van der Waals surface area contributed by atoms with Crippen molar-refractivity contribution in [3.05, 3.63) is 35.4 Å². The van der Waals surface area contributed by atoms with E-state index >= 15 is 0 Å². The van der Waals surface area contributed by atoms with Gasteiger partial charge in [-0.3, -0.25) is 9.63 Å². The van der Waals surface area contributed by atoms with Crippen molar-refractivity contribution in [3.63, 3.8) is 0 Å². The third-order valence-corrected chi connectivity index (χ3v) is 3.23. The van der Waals surface area contributed by atoms with E-state index in [0.717, 1.165) is 5.75 Å². The van der Waals surface area contributed by atoms with E-state index in [2.05, 4.69) is 31.2 Å². The van der Waals surface area contributed by atoms with Crippen molar-refractivity contribution in [2.45, 2.75) is 12.7 Å². The Balaban J connectivity index is 2.30. The lowest BCUT2D eigenvalue weighted by Crippen LogP contribution is -2.27. The topological polar surface area (TPSA) is 29.5 Å². The number of benzene rings is 1. The van der Waals surface area contributed by atoms with Crippen LogP contribution in [0.5, 0.6) is 0 Å². The zero-order valence-corrected chi connectivity index (χ0v) is 10.7. The SMILES string of the molecule is CON(C)C(=O)CSCc1ccc(C)cc1. The van der Waals surface area contributed by atoms with Crippen molar-refractivity contribution in [2.24, 2.45) is 0 Å². The monoisotopic (exact) mass is 239 g/mol. The number of rotatable bonds is 5. The summed E-state index contributed by atoms with van der Waals surface area (Å²) in [5.74, 6) is 1.28. The molecule has 0 unspecified atom stereocenters. The Morgan fingerprint density at radius 2 is 2.00 bits per heavy atom. The van der Waals surface area contributed by atoms with Gasteiger partial charge in [0.1, 0.15) is 0 Å². The van der Waals surface area contributed by atoms with Gasteiger partial charge in [-0.25, -0.2) is 5.06 Å². The van der Waals surface area contributed by atoms with Gasteiger partial charge in [0.25, 0.3) is 5.91 Å². The van der Waals surface area contributed by atoms with Crippen LogP contribution in [0.25, 0.3) is 0 Å². The van der Waals surface area contributed by atoms with E-state index in [4.69, 9.17) is 4.84 Å². The molecule has 0 aliphatic heterocycles. The molecular weight excluding hydrogens is 222 g/mol. The highest BCUT2D eigenvalue weighted by atomic mass is 32.2. The molecule has 16 heavy (non-hydrogen) atoms. The zero-order chi connectivity index (χ0) is 12.0. The molecule has 0 bridgehead atoms. The number of hydroxylamine groups is 2. The number of thioether (sulfide) groups is 1. The number of hydrogen-bond acceptors (Lipinski definition) is 3. The van der Waals surface area contributed by atoms with Crippen LogP contribution in [0.15, 0.2) is 24.3 Å². The molecule has 88 valence electrons. The Morgan fingerprint density at radius 1 is 1.38 bits per heavy atom. The summed E-state index contributed by atoms with van der Waals surface area (Å²) < 4.78 is 0. The molecule has 0 radical (unpaired) electrons. The highest BCUT2D eigenvalue weighted by molar-refractivity contribution is 7.99. The largest absolute Gasteiger partial charge is 0.275 e. The van der Waals surface area contributed by atoms with Gasteiger partial charge in [0.05, 0.1) is 12.9 Å². The fourth-order valence-corrected chi connectivity index (χ4v) is 2.02. The quantitative estimate of drug-likeness (QED) is 0.738. The second-order valence-electron chi connectivity index (χ2n) is 3.55. The van der Waals surface area contributed by atoms with Gasteiger partial charge in [-0.05, 0) is 12.5 Å². The first kappa shape index (κ1) is 13.1.